The predicted octanol–water partition coefficient (Wildman–Crippen LogP) is 2.87. The molecule has 1 N–H and O–H groups in total. The standard InChI is InChI=1S/C13H10ClNO4S/c14-10-3-1-2-4-13(10)20(16,17)15-9-5-6-11-12(7-9)19-8-18-11/h1-7,15H,8H2. The van der Waals surface area contributed by atoms with E-state index in [9.17, 15) is 8.42 Å². The summed E-state index contributed by atoms with van der Waals surface area (Å²) in [6.07, 6.45) is 0. The van der Waals surface area contributed by atoms with Crippen LogP contribution in [0.4, 0.5) is 5.69 Å². The van der Waals surface area contributed by atoms with Crippen LogP contribution in [0, 0.1) is 0 Å². The molecule has 7 heteroatoms. The molecule has 0 amide bonds. The number of nitrogens with one attached hydrogen (secondary N) is 1. The molecule has 2 aromatic carbocycles. The fraction of sp³-hybridized carbons (Fsp3) is 0.0769. The summed E-state index contributed by atoms with van der Waals surface area (Å²) in [5.74, 6) is 1.09. The summed E-state index contributed by atoms with van der Waals surface area (Å²) in [4.78, 5) is 0.0272. The zero-order valence-corrected chi connectivity index (χ0v) is 11.7. The maximum Gasteiger partial charge on any atom is 0.263 e. The molecule has 0 unspecified atom stereocenters. The quantitative estimate of drug-likeness (QED) is 0.946. The molecule has 0 spiro atoms. The average molecular weight is 312 g/mol. The molecule has 0 fully saturated rings. The number of rotatable bonds is 3. The van der Waals surface area contributed by atoms with Crippen molar-refractivity contribution in [1.82, 2.24) is 0 Å². The van der Waals surface area contributed by atoms with E-state index >= 15 is 0 Å². The van der Waals surface area contributed by atoms with Gasteiger partial charge >= 0.3 is 0 Å². The normalized spacial score (nSPS) is 13.2. The Morgan fingerprint density at radius 2 is 1.80 bits per heavy atom. The molecule has 0 aliphatic carbocycles. The van der Waals surface area contributed by atoms with Crippen LogP contribution in [0.25, 0.3) is 0 Å². The van der Waals surface area contributed by atoms with E-state index in [0.717, 1.165) is 0 Å². The molecule has 0 atom stereocenters. The van der Waals surface area contributed by atoms with Gasteiger partial charge in [-0.25, -0.2) is 8.42 Å². The minimum absolute atomic E-state index is 0.0272. The lowest BCUT2D eigenvalue weighted by atomic mass is 10.3. The van der Waals surface area contributed by atoms with Crippen molar-refractivity contribution in [2.45, 2.75) is 4.90 Å². The summed E-state index contributed by atoms with van der Waals surface area (Å²) in [5, 5.41) is 0.167. The fourth-order valence-electron chi connectivity index (χ4n) is 1.83. The highest BCUT2D eigenvalue weighted by atomic mass is 35.5. The van der Waals surface area contributed by atoms with E-state index in [1.807, 2.05) is 0 Å². The van der Waals surface area contributed by atoms with Crippen LogP contribution in [-0.2, 0) is 10.0 Å². The predicted molar refractivity (Wildman–Crippen MR) is 74.8 cm³/mol. The fourth-order valence-corrected chi connectivity index (χ4v) is 3.40. The minimum atomic E-state index is -3.74. The number of benzene rings is 2. The molecular formula is C13H10ClNO4S. The second-order valence-corrected chi connectivity index (χ2v) is 6.16. The molecular weight excluding hydrogens is 302 g/mol. The molecule has 20 heavy (non-hydrogen) atoms. The third-order valence-corrected chi connectivity index (χ3v) is 4.63. The lowest BCUT2D eigenvalue weighted by molar-refractivity contribution is 0.174. The lowest BCUT2D eigenvalue weighted by Crippen LogP contribution is -2.13. The molecule has 0 radical (unpaired) electrons. The van der Waals surface area contributed by atoms with E-state index in [1.165, 1.54) is 12.1 Å². The Morgan fingerprint density at radius 1 is 1.05 bits per heavy atom. The van der Waals surface area contributed by atoms with Crippen molar-refractivity contribution in [3.63, 3.8) is 0 Å². The summed E-state index contributed by atoms with van der Waals surface area (Å²) in [6.45, 7) is 0.135. The molecule has 0 saturated carbocycles. The summed E-state index contributed by atoms with van der Waals surface area (Å²) in [6, 6.07) is 11.1. The second kappa shape index (κ2) is 4.88. The maximum atomic E-state index is 12.3. The molecule has 1 heterocycles. The summed E-state index contributed by atoms with van der Waals surface area (Å²) >= 11 is 5.90. The van der Waals surface area contributed by atoms with E-state index in [-0.39, 0.29) is 16.7 Å². The molecule has 1 aliphatic heterocycles. The van der Waals surface area contributed by atoms with Crippen LogP contribution < -0.4 is 14.2 Å². The second-order valence-electron chi connectivity index (χ2n) is 4.10. The largest absolute Gasteiger partial charge is 0.454 e. The van der Waals surface area contributed by atoms with E-state index in [4.69, 9.17) is 21.1 Å². The Balaban J connectivity index is 1.93. The van der Waals surface area contributed by atoms with Crippen molar-refractivity contribution in [1.29, 1.82) is 0 Å². The van der Waals surface area contributed by atoms with Gasteiger partial charge in [0.25, 0.3) is 10.0 Å². The van der Waals surface area contributed by atoms with Gasteiger partial charge in [0.1, 0.15) is 4.90 Å². The Morgan fingerprint density at radius 3 is 2.60 bits per heavy atom. The van der Waals surface area contributed by atoms with Crippen molar-refractivity contribution >= 4 is 27.3 Å². The molecule has 3 rings (SSSR count). The Hall–Kier alpha value is -1.92. The Bertz CT molecular complexity index is 761. The number of halogens is 1. The van der Waals surface area contributed by atoms with Crippen LogP contribution in [0.2, 0.25) is 5.02 Å². The van der Waals surface area contributed by atoms with Crippen LogP contribution in [-0.4, -0.2) is 15.2 Å². The van der Waals surface area contributed by atoms with Gasteiger partial charge in [0.2, 0.25) is 6.79 Å². The van der Waals surface area contributed by atoms with E-state index in [2.05, 4.69) is 4.72 Å². The van der Waals surface area contributed by atoms with E-state index in [1.54, 1.807) is 30.3 Å². The van der Waals surface area contributed by atoms with E-state index < -0.39 is 10.0 Å². The van der Waals surface area contributed by atoms with Crippen molar-refractivity contribution in [2.24, 2.45) is 0 Å². The first-order chi connectivity index (χ1) is 9.56. The number of hydrogen-bond acceptors (Lipinski definition) is 4. The Labute approximate surface area is 121 Å². The number of hydrogen-bond donors (Lipinski definition) is 1. The molecule has 104 valence electrons. The van der Waals surface area contributed by atoms with Crippen molar-refractivity contribution in [2.75, 3.05) is 11.5 Å². The highest BCUT2D eigenvalue weighted by molar-refractivity contribution is 7.92. The van der Waals surface area contributed by atoms with Crippen LogP contribution in [0.5, 0.6) is 11.5 Å². The smallest absolute Gasteiger partial charge is 0.263 e. The monoisotopic (exact) mass is 311 g/mol. The van der Waals surface area contributed by atoms with Gasteiger partial charge in [-0.1, -0.05) is 23.7 Å². The van der Waals surface area contributed by atoms with Gasteiger partial charge < -0.3 is 9.47 Å². The third kappa shape index (κ3) is 2.39. The average Bonchev–Trinajstić information content (AvgIpc) is 2.86. The molecule has 2 aromatic rings. The van der Waals surface area contributed by atoms with Crippen LogP contribution in [0.1, 0.15) is 0 Å². The number of sulfonamides is 1. The highest BCUT2D eigenvalue weighted by Crippen LogP contribution is 2.35. The van der Waals surface area contributed by atoms with Gasteiger partial charge in [0.05, 0.1) is 10.7 Å². The first-order valence-electron chi connectivity index (χ1n) is 5.73. The first kappa shape index (κ1) is 13.1. The van der Waals surface area contributed by atoms with Crippen molar-refractivity contribution < 1.29 is 17.9 Å². The van der Waals surface area contributed by atoms with Crippen LogP contribution >= 0.6 is 11.6 Å². The summed E-state index contributed by atoms with van der Waals surface area (Å²) in [7, 11) is -3.74. The number of anilines is 1. The van der Waals surface area contributed by atoms with Crippen molar-refractivity contribution in [3.8, 4) is 11.5 Å². The van der Waals surface area contributed by atoms with Gasteiger partial charge in [-0.3, -0.25) is 4.72 Å². The maximum absolute atomic E-state index is 12.3. The van der Waals surface area contributed by atoms with Gasteiger partial charge in [-0.05, 0) is 24.3 Å². The van der Waals surface area contributed by atoms with Gasteiger partial charge in [0, 0.05) is 6.07 Å². The molecule has 0 saturated heterocycles. The van der Waals surface area contributed by atoms with E-state index in [0.29, 0.717) is 17.2 Å². The van der Waals surface area contributed by atoms with Gasteiger partial charge in [-0.15, -0.1) is 0 Å². The zero-order chi connectivity index (χ0) is 14.2. The van der Waals surface area contributed by atoms with Crippen molar-refractivity contribution in [3.05, 3.63) is 47.5 Å². The topological polar surface area (TPSA) is 64.6 Å². The molecule has 0 bridgehead atoms. The third-order valence-electron chi connectivity index (χ3n) is 2.75. The SMILES string of the molecule is O=S(=O)(Nc1ccc2c(c1)OCO2)c1ccccc1Cl. The zero-order valence-electron chi connectivity index (χ0n) is 10.2. The highest BCUT2D eigenvalue weighted by Gasteiger charge is 2.19. The minimum Gasteiger partial charge on any atom is -0.454 e. The summed E-state index contributed by atoms with van der Waals surface area (Å²) < 4.78 is 37.3. The molecule has 1 aliphatic rings. The van der Waals surface area contributed by atoms with Gasteiger partial charge in [0.15, 0.2) is 11.5 Å². The first-order valence-corrected chi connectivity index (χ1v) is 7.59. The van der Waals surface area contributed by atoms with Gasteiger partial charge in [-0.2, -0.15) is 0 Å². The van der Waals surface area contributed by atoms with Crippen LogP contribution in [0.3, 0.4) is 0 Å². The number of fused-ring (bicyclic) bond motifs is 1. The molecule has 5 nitrogen and oxygen atoms in total. The lowest BCUT2D eigenvalue weighted by Gasteiger charge is -2.09. The summed E-state index contributed by atoms with van der Waals surface area (Å²) in [5.41, 5.74) is 0.383. The number of ether oxygens (including phenoxy) is 2. The van der Waals surface area contributed by atoms with Crippen LogP contribution in [0.15, 0.2) is 47.4 Å². The Kier molecular flexibility index (Phi) is 3.19. The molecule has 0 aromatic heterocycles.